The van der Waals surface area contributed by atoms with E-state index in [2.05, 4.69) is 5.32 Å². The van der Waals surface area contributed by atoms with Crippen LogP contribution >= 0.6 is 0 Å². The highest BCUT2D eigenvalue weighted by Gasteiger charge is 2.45. The molecular formula is C19H28N2O3. The van der Waals surface area contributed by atoms with Crippen molar-refractivity contribution in [3.63, 3.8) is 0 Å². The van der Waals surface area contributed by atoms with Crippen molar-refractivity contribution in [1.82, 2.24) is 10.2 Å². The van der Waals surface area contributed by atoms with Crippen molar-refractivity contribution < 1.29 is 14.3 Å². The molecule has 2 amide bonds. The van der Waals surface area contributed by atoms with Gasteiger partial charge >= 0.3 is 6.03 Å². The molecule has 5 heteroatoms. The maximum absolute atomic E-state index is 12.7. The second-order valence-corrected chi connectivity index (χ2v) is 7.06. The molecular weight excluding hydrogens is 304 g/mol. The number of carbonyl (C=O) groups is 1. The lowest BCUT2D eigenvalue weighted by Gasteiger charge is -2.30. The van der Waals surface area contributed by atoms with E-state index in [4.69, 9.17) is 9.47 Å². The molecule has 0 spiro atoms. The minimum absolute atomic E-state index is 0.00354. The van der Waals surface area contributed by atoms with Crippen molar-refractivity contribution in [2.45, 2.75) is 44.7 Å². The Hall–Kier alpha value is -1.91. The monoisotopic (exact) mass is 332 g/mol. The Balaban J connectivity index is 1.69. The highest BCUT2D eigenvalue weighted by Crippen LogP contribution is 2.46. The molecule has 1 N–H and O–H groups in total. The molecule has 2 aliphatic carbocycles. The zero-order chi connectivity index (χ0) is 17.3. The predicted octanol–water partition coefficient (Wildman–Crippen LogP) is 3.59. The number of carbonyl (C=O) groups excluding carboxylic acids is 1. The molecule has 1 aromatic rings. The summed E-state index contributed by atoms with van der Waals surface area (Å²) in [6, 6.07) is 5.91. The summed E-state index contributed by atoms with van der Waals surface area (Å²) in [6.07, 6.45) is 5.05. The Bertz CT molecular complexity index is 584. The molecule has 0 aliphatic heterocycles. The number of benzene rings is 1. The number of hydrogen-bond donors (Lipinski definition) is 1. The van der Waals surface area contributed by atoms with E-state index in [1.54, 1.807) is 14.2 Å². The van der Waals surface area contributed by atoms with Gasteiger partial charge in [0.25, 0.3) is 0 Å². The zero-order valence-electron chi connectivity index (χ0n) is 15.0. The van der Waals surface area contributed by atoms with Gasteiger partial charge < -0.3 is 19.7 Å². The second-order valence-electron chi connectivity index (χ2n) is 7.06. The number of nitrogens with one attached hydrogen (secondary N) is 1. The minimum Gasteiger partial charge on any atom is -0.497 e. The third kappa shape index (κ3) is 3.60. The minimum atomic E-state index is -0.149. The van der Waals surface area contributed by atoms with E-state index in [1.807, 2.05) is 37.1 Å². The van der Waals surface area contributed by atoms with E-state index >= 15 is 0 Å². The van der Waals surface area contributed by atoms with Crippen LogP contribution in [0.5, 0.6) is 11.5 Å². The lowest BCUT2D eigenvalue weighted by atomic mass is 10.1. The molecule has 2 saturated carbocycles. The lowest BCUT2D eigenvalue weighted by molar-refractivity contribution is 0.171. The Morgan fingerprint density at radius 1 is 1.17 bits per heavy atom. The van der Waals surface area contributed by atoms with Crippen LogP contribution < -0.4 is 14.8 Å². The number of methoxy groups -OCH3 is 2. The molecule has 24 heavy (non-hydrogen) atoms. The summed E-state index contributed by atoms with van der Waals surface area (Å²) in [5.74, 6) is 2.92. The van der Waals surface area contributed by atoms with Gasteiger partial charge in [0.2, 0.25) is 0 Å². The number of urea groups is 1. The van der Waals surface area contributed by atoms with Crippen molar-refractivity contribution in [2.75, 3.05) is 21.3 Å². The average molecular weight is 332 g/mol. The summed E-state index contributed by atoms with van der Waals surface area (Å²) in [7, 11) is 5.22. The molecule has 0 saturated heterocycles. The summed E-state index contributed by atoms with van der Waals surface area (Å²) >= 11 is 0. The Labute approximate surface area is 144 Å². The van der Waals surface area contributed by atoms with E-state index in [0.717, 1.165) is 17.1 Å². The third-order valence-electron chi connectivity index (χ3n) is 5.22. The van der Waals surface area contributed by atoms with Crippen molar-refractivity contribution in [2.24, 2.45) is 11.8 Å². The zero-order valence-corrected chi connectivity index (χ0v) is 15.0. The van der Waals surface area contributed by atoms with Crippen LogP contribution in [0.1, 0.15) is 44.2 Å². The molecule has 0 radical (unpaired) electrons. The summed E-state index contributed by atoms with van der Waals surface area (Å²) < 4.78 is 10.7. The van der Waals surface area contributed by atoms with Gasteiger partial charge in [-0.15, -0.1) is 0 Å². The van der Waals surface area contributed by atoms with Gasteiger partial charge in [0.15, 0.2) is 0 Å². The van der Waals surface area contributed by atoms with Gasteiger partial charge in [-0.2, -0.15) is 0 Å². The molecule has 2 aliphatic rings. The normalized spacial score (nSPS) is 18.2. The first-order valence-electron chi connectivity index (χ1n) is 8.80. The number of amides is 2. The summed E-state index contributed by atoms with van der Waals surface area (Å²) in [5, 5.41) is 3.12. The van der Waals surface area contributed by atoms with E-state index in [1.165, 1.54) is 25.7 Å². The molecule has 0 unspecified atom stereocenters. The summed E-state index contributed by atoms with van der Waals surface area (Å²) in [5.41, 5.74) is 0.924. The van der Waals surface area contributed by atoms with Crippen LogP contribution in [-0.4, -0.2) is 38.2 Å². The Morgan fingerprint density at radius 3 is 2.29 bits per heavy atom. The molecule has 3 rings (SSSR count). The van der Waals surface area contributed by atoms with Crippen LogP contribution in [0.4, 0.5) is 4.79 Å². The molecule has 0 bridgehead atoms. The van der Waals surface area contributed by atoms with Crippen LogP contribution in [0, 0.1) is 11.8 Å². The van der Waals surface area contributed by atoms with Crippen LogP contribution in [0.2, 0.25) is 0 Å². The van der Waals surface area contributed by atoms with E-state index < -0.39 is 0 Å². The highest BCUT2D eigenvalue weighted by molar-refractivity contribution is 5.75. The Kier molecular flexibility index (Phi) is 4.88. The van der Waals surface area contributed by atoms with Gasteiger partial charge in [0, 0.05) is 18.7 Å². The van der Waals surface area contributed by atoms with Gasteiger partial charge in [-0.25, -0.2) is 4.79 Å². The lowest BCUT2D eigenvalue weighted by Crippen LogP contribution is -2.46. The molecule has 5 nitrogen and oxygen atoms in total. The number of hydrogen-bond acceptors (Lipinski definition) is 3. The summed E-state index contributed by atoms with van der Waals surface area (Å²) in [6.45, 7) is 1.98. The van der Waals surface area contributed by atoms with Gasteiger partial charge in [-0.1, -0.05) is 0 Å². The standard InChI is InChI=1S/C19H28N2O3/c1-12(16-11-15(23-3)9-10-17(16)24-4)20-19(22)21(2)18(13-5-6-13)14-7-8-14/h9-14,18H,5-8H2,1-4H3,(H,20,22)/t12-/m0/s1. The topological polar surface area (TPSA) is 50.8 Å². The van der Waals surface area contributed by atoms with Crippen LogP contribution in [0.15, 0.2) is 18.2 Å². The largest absolute Gasteiger partial charge is 0.497 e. The molecule has 0 aromatic heterocycles. The number of ether oxygens (including phenoxy) is 2. The molecule has 2 fully saturated rings. The van der Waals surface area contributed by atoms with Gasteiger partial charge in [0.05, 0.1) is 20.3 Å². The Morgan fingerprint density at radius 2 is 1.79 bits per heavy atom. The van der Waals surface area contributed by atoms with E-state index in [-0.39, 0.29) is 12.1 Å². The SMILES string of the molecule is COc1ccc(OC)c([C@H](C)NC(=O)N(C)C(C2CC2)C2CC2)c1. The quantitative estimate of drug-likeness (QED) is 0.830. The fraction of sp³-hybridized carbons (Fsp3) is 0.632. The van der Waals surface area contributed by atoms with Crippen LogP contribution in [-0.2, 0) is 0 Å². The number of nitrogens with zero attached hydrogens (tertiary/aromatic N) is 1. The van der Waals surface area contributed by atoms with Gasteiger partial charge in [-0.3, -0.25) is 0 Å². The maximum atomic E-state index is 12.7. The van der Waals surface area contributed by atoms with Crippen molar-refractivity contribution in [1.29, 1.82) is 0 Å². The van der Waals surface area contributed by atoms with E-state index in [9.17, 15) is 4.79 Å². The molecule has 1 atom stereocenters. The molecule has 1 aromatic carbocycles. The first-order valence-corrected chi connectivity index (χ1v) is 8.80. The maximum Gasteiger partial charge on any atom is 0.317 e. The van der Waals surface area contributed by atoms with E-state index in [0.29, 0.717) is 17.9 Å². The fourth-order valence-electron chi connectivity index (χ4n) is 3.57. The third-order valence-corrected chi connectivity index (χ3v) is 5.22. The van der Waals surface area contributed by atoms with Gasteiger partial charge in [-0.05, 0) is 62.6 Å². The van der Waals surface area contributed by atoms with Crippen LogP contribution in [0.3, 0.4) is 0 Å². The smallest absolute Gasteiger partial charge is 0.317 e. The highest BCUT2D eigenvalue weighted by atomic mass is 16.5. The first-order chi connectivity index (χ1) is 11.5. The average Bonchev–Trinajstić information content (AvgIpc) is 3.48. The predicted molar refractivity (Wildman–Crippen MR) is 93.5 cm³/mol. The van der Waals surface area contributed by atoms with Gasteiger partial charge in [0.1, 0.15) is 11.5 Å². The van der Waals surface area contributed by atoms with Crippen LogP contribution in [0.25, 0.3) is 0 Å². The molecule has 132 valence electrons. The first kappa shape index (κ1) is 16.9. The van der Waals surface area contributed by atoms with Crippen molar-refractivity contribution in [3.8, 4) is 11.5 Å². The second kappa shape index (κ2) is 6.91. The summed E-state index contributed by atoms with van der Waals surface area (Å²) in [4.78, 5) is 14.7. The molecule has 0 heterocycles. The number of rotatable bonds is 7. The van der Waals surface area contributed by atoms with Crippen molar-refractivity contribution >= 4 is 6.03 Å². The van der Waals surface area contributed by atoms with Crippen molar-refractivity contribution in [3.05, 3.63) is 23.8 Å². The fourth-order valence-corrected chi connectivity index (χ4v) is 3.57.